The van der Waals surface area contributed by atoms with Gasteiger partial charge in [-0.2, -0.15) is 0 Å². The minimum atomic E-state index is -0.624. The zero-order valence-electron chi connectivity index (χ0n) is 5.49. The van der Waals surface area contributed by atoms with Gasteiger partial charge in [0.25, 0.3) is 0 Å². The smallest absolute Gasteiger partial charge is 0.0973 e. The number of halogens is 1. The van der Waals surface area contributed by atoms with Crippen LogP contribution in [0.25, 0.3) is 0 Å². The van der Waals surface area contributed by atoms with Gasteiger partial charge in [0, 0.05) is 0 Å². The van der Waals surface area contributed by atoms with E-state index in [4.69, 9.17) is 0 Å². The van der Waals surface area contributed by atoms with Crippen molar-refractivity contribution in [2.24, 2.45) is 0 Å². The van der Waals surface area contributed by atoms with Crippen LogP contribution in [0.2, 0.25) is 0 Å². The third kappa shape index (κ3) is 5.93. The highest BCUT2D eigenvalue weighted by Crippen LogP contribution is 2.04. The molecule has 0 amide bonds. The van der Waals surface area contributed by atoms with E-state index in [1.165, 1.54) is 0 Å². The molecule has 8 heavy (non-hydrogen) atoms. The van der Waals surface area contributed by atoms with Crippen LogP contribution in [-0.2, 0) is 0 Å². The maximum absolute atomic E-state index is 12.0. The van der Waals surface area contributed by atoms with Gasteiger partial charge in [-0.05, 0) is 13.3 Å². The average molecular weight is 117 g/mol. The fourth-order valence-corrected chi connectivity index (χ4v) is 0.602. The van der Waals surface area contributed by atoms with E-state index in [2.05, 4.69) is 6.92 Å². The molecule has 0 aliphatic rings. The van der Waals surface area contributed by atoms with Gasteiger partial charge < -0.3 is 0 Å². The Bertz CT molecular complexity index is 41.7. The van der Waals surface area contributed by atoms with Crippen LogP contribution in [0.5, 0.6) is 0 Å². The van der Waals surface area contributed by atoms with E-state index >= 15 is 0 Å². The van der Waals surface area contributed by atoms with Crippen LogP contribution in [0.1, 0.15) is 32.6 Å². The zero-order valence-corrected chi connectivity index (χ0v) is 5.49. The molecule has 1 heteroatoms. The van der Waals surface area contributed by atoms with Crippen molar-refractivity contribution in [3.05, 3.63) is 6.92 Å². The fraction of sp³-hybridized carbons (Fsp3) is 0.857. The van der Waals surface area contributed by atoms with Crippen molar-refractivity contribution in [1.82, 2.24) is 0 Å². The Morgan fingerprint density at radius 2 is 2.12 bits per heavy atom. The van der Waals surface area contributed by atoms with E-state index in [0.717, 1.165) is 19.3 Å². The molecule has 0 aromatic rings. The number of hydrogen-bond donors (Lipinski definition) is 0. The van der Waals surface area contributed by atoms with Gasteiger partial charge in [0.15, 0.2) is 0 Å². The minimum absolute atomic E-state index is 0.624. The zero-order chi connectivity index (χ0) is 6.41. The summed E-state index contributed by atoms with van der Waals surface area (Å²) < 4.78 is 12.0. The normalized spacial score (nSPS) is 13.9. The predicted octanol–water partition coefficient (Wildman–Crippen LogP) is 2.74. The van der Waals surface area contributed by atoms with E-state index in [9.17, 15) is 4.39 Å². The molecule has 0 bridgehead atoms. The highest BCUT2D eigenvalue weighted by molar-refractivity contribution is 4.48. The second-order valence-electron chi connectivity index (χ2n) is 2.13. The van der Waals surface area contributed by atoms with E-state index in [-0.39, 0.29) is 0 Å². The largest absolute Gasteiger partial charge is 0.248 e. The van der Waals surface area contributed by atoms with Crippen molar-refractivity contribution in [3.63, 3.8) is 0 Å². The molecule has 0 spiro atoms. The summed E-state index contributed by atoms with van der Waals surface area (Å²) in [6, 6.07) is 0. The third-order valence-corrected chi connectivity index (χ3v) is 1.10. The molecule has 0 aromatic carbocycles. The number of rotatable bonds is 4. The molecule has 0 fully saturated rings. The Morgan fingerprint density at radius 1 is 1.50 bits per heavy atom. The third-order valence-electron chi connectivity index (χ3n) is 1.10. The summed E-state index contributed by atoms with van der Waals surface area (Å²) in [6.45, 7) is 5.26. The van der Waals surface area contributed by atoms with Gasteiger partial charge in [0.1, 0.15) is 0 Å². The van der Waals surface area contributed by atoms with E-state index in [1.807, 2.05) is 0 Å². The average Bonchev–Trinajstić information content (AvgIpc) is 1.66. The summed E-state index contributed by atoms with van der Waals surface area (Å²) in [5, 5.41) is 0. The summed E-state index contributed by atoms with van der Waals surface area (Å²) >= 11 is 0. The first-order valence-corrected chi connectivity index (χ1v) is 3.20. The summed E-state index contributed by atoms with van der Waals surface area (Å²) in [5.41, 5.74) is 0. The monoisotopic (exact) mass is 117 g/mol. The Morgan fingerprint density at radius 3 is 2.50 bits per heavy atom. The fourth-order valence-electron chi connectivity index (χ4n) is 0.602. The van der Waals surface area contributed by atoms with Gasteiger partial charge in [0.2, 0.25) is 0 Å². The van der Waals surface area contributed by atoms with Crippen LogP contribution in [0.4, 0.5) is 4.39 Å². The Hall–Kier alpha value is -0.0700. The van der Waals surface area contributed by atoms with E-state index in [0.29, 0.717) is 6.42 Å². The molecule has 0 aromatic heterocycles. The lowest BCUT2D eigenvalue weighted by Crippen LogP contribution is -1.90. The molecular formula is C7H14F. The molecule has 0 saturated heterocycles. The number of unbranched alkanes of at least 4 members (excludes halogenated alkanes) is 2. The first-order chi connectivity index (χ1) is 3.77. The standard InChI is InChI=1S/C7H14F/c1-3-4-5-6-7(2)8/h7H,1,3-6H2,2H3/t7-/m0/s1. The van der Waals surface area contributed by atoms with Crippen molar-refractivity contribution in [3.8, 4) is 0 Å². The first kappa shape index (κ1) is 7.93. The quantitative estimate of drug-likeness (QED) is 0.497. The minimum Gasteiger partial charge on any atom is -0.248 e. The highest BCUT2D eigenvalue weighted by Gasteiger charge is 1.94. The second-order valence-corrected chi connectivity index (χ2v) is 2.13. The van der Waals surface area contributed by atoms with Crippen molar-refractivity contribution in [2.75, 3.05) is 0 Å². The lowest BCUT2D eigenvalue weighted by atomic mass is 10.1. The van der Waals surface area contributed by atoms with Crippen LogP contribution >= 0.6 is 0 Å². The molecule has 0 nitrogen and oxygen atoms in total. The molecule has 0 aliphatic heterocycles. The van der Waals surface area contributed by atoms with Gasteiger partial charge in [-0.1, -0.05) is 26.2 Å². The topological polar surface area (TPSA) is 0 Å². The molecule has 0 rings (SSSR count). The van der Waals surface area contributed by atoms with Gasteiger partial charge in [-0.15, -0.1) is 0 Å². The predicted molar refractivity (Wildman–Crippen MR) is 34.4 cm³/mol. The SMILES string of the molecule is [CH2]CCCC[C@H](C)F. The molecule has 0 aliphatic carbocycles. The lowest BCUT2D eigenvalue weighted by molar-refractivity contribution is 0.332. The van der Waals surface area contributed by atoms with Crippen LogP contribution in [-0.4, -0.2) is 6.17 Å². The summed E-state index contributed by atoms with van der Waals surface area (Å²) in [7, 11) is 0. The van der Waals surface area contributed by atoms with Crippen LogP contribution < -0.4 is 0 Å². The Kier molecular flexibility index (Phi) is 5.03. The van der Waals surface area contributed by atoms with Crippen LogP contribution in [0, 0.1) is 6.92 Å². The van der Waals surface area contributed by atoms with Gasteiger partial charge >= 0.3 is 0 Å². The first-order valence-electron chi connectivity index (χ1n) is 3.20. The summed E-state index contributed by atoms with van der Waals surface area (Å²) in [6.07, 6.45) is 3.07. The van der Waals surface area contributed by atoms with Gasteiger partial charge in [0.05, 0.1) is 6.17 Å². The molecule has 1 atom stereocenters. The number of hydrogen-bond acceptors (Lipinski definition) is 0. The van der Waals surface area contributed by atoms with Crippen molar-refractivity contribution >= 4 is 0 Å². The highest BCUT2D eigenvalue weighted by atomic mass is 19.1. The van der Waals surface area contributed by atoms with Crippen molar-refractivity contribution in [2.45, 2.75) is 38.8 Å². The van der Waals surface area contributed by atoms with Crippen LogP contribution in [0.15, 0.2) is 0 Å². The van der Waals surface area contributed by atoms with Gasteiger partial charge in [-0.3, -0.25) is 0 Å². The molecule has 0 unspecified atom stereocenters. The Labute approximate surface area is 51.1 Å². The van der Waals surface area contributed by atoms with Crippen molar-refractivity contribution < 1.29 is 4.39 Å². The molecule has 0 N–H and O–H groups in total. The lowest BCUT2D eigenvalue weighted by Gasteiger charge is -1.97. The maximum atomic E-state index is 12.0. The molecular weight excluding hydrogens is 103 g/mol. The van der Waals surface area contributed by atoms with E-state index < -0.39 is 6.17 Å². The van der Waals surface area contributed by atoms with Crippen LogP contribution in [0.3, 0.4) is 0 Å². The van der Waals surface area contributed by atoms with Gasteiger partial charge in [-0.25, -0.2) is 4.39 Å². The molecule has 1 radical (unpaired) electrons. The molecule has 0 saturated carbocycles. The molecule has 49 valence electrons. The molecule has 0 heterocycles. The number of alkyl halides is 1. The van der Waals surface area contributed by atoms with Crippen molar-refractivity contribution in [1.29, 1.82) is 0 Å². The maximum Gasteiger partial charge on any atom is 0.0973 e. The summed E-state index contributed by atoms with van der Waals surface area (Å²) in [5.74, 6) is 0. The Balaban J connectivity index is 2.72. The summed E-state index contributed by atoms with van der Waals surface area (Å²) in [4.78, 5) is 0. The van der Waals surface area contributed by atoms with E-state index in [1.54, 1.807) is 6.92 Å². The second kappa shape index (κ2) is 5.07.